The second-order valence-corrected chi connectivity index (χ2v) is 8.05. The van der Waals surface area contributed by atoms with Crippen LogP contribution in [0.4, 0.5) is 5.69 Å². The van der Waals surface area contributed by atoms with E-state index < -0.39 is 23.1 Å². The maximum atomic E-state index is 14.1. The molecule has 162 valence electrons. The first-order chi connectivity index (χ1) is 16.0. The Bertz CT molecular complexity index is 1490. The van der Waals surface area contributed by atoms with Crippen molar-refractivity contribution in [1.29, 1.82) is 0 Å². The second-order valence-electron chi connectivity index (χ2n) is 8.05. The molecule has 1 aliphatic carbocycles. The molecule has 7 nitrogen and oxygen atoms in total. The van der Waals surface area contributed by atoms with E-state index in [9.17, 15) is 14.4 Å². The number of Topliss-reactive ketones (excluding diaryl/α,β-unsaturated/α-hetero) is 1. The van der Waals surface area contributed by atoms with Crippen LogP contribution >= 0.6 is 0 Å². The molecule has 0 saturated heterocycles. The number of carbonyl (C=O) groups excluding carboxylic acids is 3. The summed E-state index contributed by atoms with van der Waals surface area (Å²) < 4.78 is 11.2. The minimum atomic E-state index is -1.80. The first-order valence-electron chi connectivity index (χ1n) is 10.6. The summed E-state index contributed by atoms with van der Waals surface area (Å²) in [5, 5.41) is 4.41. The van der Waals surface area contributed by atoms with Crippen LogP contribution in [-0.4, -0.2) is 24.3 Å². The summed E-state index contributed by atoms with van der Waals surface area (Å²) in [6.45, 7) is 1.72. The van der Waals surface area contributed by atoms with Crippen molar-refractivity contribution in [1.82, 2.24) is 0 Å². The molecule has 33 heavy (non-hydrogen) atoms. The highest BCUT2D eigenvalue weighted by Gasteiger charge is 2.62. The molecule has 0 radical (unpaired) electrons. The van der Waals surface area contributed by atoms with Gasteiger partial charge in [-0.15, -0.1) is 0 Å². The Kier molecular flexibility index (Phi) is 3.84. The van der Waals surface area contributed by atoms with Crippen LogP contribution in [0.3, 0.4) is 0 Å². The summed E-state index contributed by atoms with van der Waals surface area (Å²) in [6.07, 6.45) is 0. The van der Waals surface area contributed by atoms with Crippen LogP contribution in [0, 0.1) is 0 Å². The fourth-order valence-corrected chi connectivity index (χ4v) is 5.22. The molecule has 0 aromatic heterocycles. The number of nitrogens with two attached hydrogens (primary N) is 1. The van der Waals surface area contributed by atoms with E-state index in [0.29, 0.717) is 22.4 Å². The Hall–Kier alpha value is -4.39. The molecule has 0 bridgehead atoms. The van der Waals surface area contributed by atoms with Crippen LogP contribution in [0.15, 0.2) is 77.7 Å². The summed E-state index contributed by atoms with van der Waals surface area (Å²) in [7, 11) is 0. The normalized spacial score (nSPS) is 20.5. The highest BCUT2D eigenvalue weighted by Crippen LogP contribution is 2.56. The SMILES string of the molecule is CCOC(=O)C1=C(N)OC2=C(C(=O)c3cccc4cccc2c34)C12C(=O)Nc1ccccc12. The van der Waals surface area contributed by atoms with Crippen LogP contribution in [0.25, 0.3) is 16.5 Å². The molecule has 3 N–H and O–H groups in total. The van der Waals surface area contributed by atoms with Crippen LogP contribution in [-0.2, 0) is 24.5 Å². The average molecular weight is 438 g/mol. The highest BCUT2D eigenvalue weighted by molar-refractivity contribution is 6.32. The van der Waals surface area contributed by atoms with Gasteiger partial charge in [0.15, 0.2) is 5.78 Å². The topological polar surface area (TPSA) is 108 Å². The molecule has 1 unspecified atom stereocenters. The predicted molar refractivity (Wildman–Crippen MR) is 121 cm³/mol. The Balaban J connectivity index is 1.77. The number of nitrogens with one attached hydrogen (secondary N) is 1. The first-order valence-corrected chi connectivity index (χ1v) is 10.6. The number of fused-ring (bicyclic) bond motifs is 4. The molecule has 1 atom stereocenters. The average Bonchev–Trinajstić information content (AvgIpc) is 3.09. The number of esters is 1. The molecule has 7 heteroatoms. The highest BCUT2D eigenvalue weighted by atomic mass is 16.5. The van der Waals surface area contributed by atoms with E-state index in [1.165, 1.54) is 0 Å². The van der Waals surface area contributed by atoms with Gasteiger partial charge in [-0.1, -0.05) is 54.6 Å². The lowest BCUT2D eigenvalue weighted by Crippen LogP contribution is -2.48. The fraction of sp³-hybridized carbons (Fsp3) is 0.115. The third-order valence-corrected chi connectivity index (χ3v) is 6.46. The zero-order valence-corrected chi connectivity index (χ0v) is 17.6. The number of hydrogen-bond acceptors (Lipinski definition) is 6. The van der Waals surface area contributed by atoms with E-state index >= 15 is 0 Å². The number of amides is 1. The van der Waals surface area contributed by atoms with Crippen molar-refractivity contribution in [2.45, 2.75) is 12.3 Å². The molecule has 1 amide bonds. The number of ketones is 1. The number of hydrogen-bond donors (Lipinski definition) is 2. The summed E-state index contributed by atoms with van der Waals surface area (Å²) >= 11 is 0. The number of anilines is 1. The van der Waals surface area contributed by atoms with Crippen LogP contribution in [0.5, 0.6) is 0 Å². The molecule has 3 aromatic rings. The van der Waals surface area contributed by atoms with Gasteiger partial charge in [-0.2, -0.15) is 0 Å². The molecule has 1 spiro atoms. The minimum Gasteiger partial charge on any atom is -0.462 e. The van der Waals surface area contributed by atoms with E-state index in [0.717, 1.165) is 10.8 Å². The van der Waals surface area contributed by atoms with E-state index in [1.54, 1.807) is 43.3 Å². The van der Waals surface area contributed by atoms with Crippen molar-refractivity contribution in [2.75, 3.05) is 11.9 Å². The molecule has 0 fully saturated rings. The number of rotatable bonds is 2. The predicted octanol–water partition coefficient (Wildman–Crippen LogP) is 3.40. The maximum absolute atomic E-state index is 14.1. The summed E-state index contributed by atoms with van der Waals surface area (Å²) in [5.41, 5.74) is 6.42. The Morgan fingerprint density at radius 1 is 1.03 bits per heavy atom. The number of benzene rings is 3. The number of para-hydroxylation sites is 1. The molecule has 3 aromatic carbocycles. The van der Waals surface area contributed by atoms with Gasteiger partial charge < -0.3 is 20.5 Å². The molecule has 0 saturated carbocycles. The summed E-state index contributed by atoms with van der Waals surface area (Å²) in [4.78, 5) is 41.0. The van der Waals surface area contributed by atoms with Gasteiger partial charge in [0.25, 0.3) is 0 Å². The van der Waals surface area contributed by atoms with Gasteiger partial charge >= 0.3 is 5.97 Å². The summed E-state index contributed by atoms with van der Waals surface area (Å²) in [6, 6.07) is 17.9. The van der Waals surface area contributed by atoms with Crippen molar-refractivity contribution in [3.05, 3.63) is 94.4 Å². The lowest BCUT2D eigenvalue weighted by atomic mass is 9.64. The molecule has 6 rings (SSSR count). The Morgan fingerprint density at radius 2 is 1.76 bits per heavy atom. The lowest BCUT2D eigenvalue weighted by Gasteiger charge is -2.38. The Morgan fingerprint density at radius 3 is 2.52 bits per heavy atom. The van der Waals surface area contributed by atoms with Crippen molar-refractivity contribution >= 4 is 39.9 Å². The van der Waals surface area contributed by atoms with Crippen molar-refractivity contribution in [3.8, 4) is 0 Å². The fourth-order valence-electron chi connectivity index (χ4n) is 5.22. The molecule has 3 aliphatic rings. The van der Waals surface area contributed by atoms with Gasteiger partial charge in [0.1, 0.15) is 16.7 Å². The van der Waals surface area contributed by atoms with Gasteiger partial charge in [0.05, 0.1) is 12.2 Å². The van der Waals surface area contributed by atoms with Crippen molar-refractivity contribution in [2.24, 2.45) is 5.73 Å². The van der Waals surface area contributed by atoms with Gasteiger partial charge in [-0.05, 0) is 18.4 Å². The zero-order valence-electron chi connectivity index (χ0n) is 17.6. The second kappa shape index (κ2) is 6.56. The quantitative estimate of drug-likeness (QED) is 0.594. The third kappa shape index (κ3) is 2.26. The number of ether oxygens (including phenoxy) is 2. The molecular formula is C26H18N2O5. The summed E-state index contributed by atoms with van der Waals surface area (Å²) in [5.74, 6) is -1.83. The van der Waals surface area contributed by atoms with E-state index in [1.807, 2.05) is 24.3 Å². The monoisotopic (exact) mass is 438 g/mol. The van der Waals surface area contributed by atoms with Gasteiger partial charge in [0.2, 0.25) is 11.8 Å². The van der Waals surface area contributed by atoms with E-state index in [4.69, 9.17) is 15.2 Å². The standard InChI is InChI=1S/C26H18N2O5/c1-2-32-24(30)20-23(27)33-22-15-10-6-8-13-7-5-9-14(18(13)15)21(29)19(22)26(20)16-11-3-4-12-17(16)28-25(26)31/h3-12H,2,27H2,1H3,(H,28,31). The molecule has 2 aliphatic heterocycles. The van der Waals surface area contributed by atoms with Crippen molar-refractivity contribution < 1.29 is 23.9 Å². The first kappa shape index (κ1) is 19.3. The van der Waals surface area contributed by atoms with E-state index in [-0.39, 0.29) is 29.4 Å². The molecule has 2 heterocycles. The third-order valence-electron chi connectivity index (χ3n) is 6.46. The van der Waals surface area contributed by atoms with Gasteiger partial charge in [0, 0.05) is 27.8 Å². The maximum Gasteiger partial charge on any atom is 0.341 e. The van der Waals surface area contributed by atoms with Gasteiger partial charge in [-0.25, -0.2) is 4.79 Å². The molecular weight excluding hydrogens is 420 g/mol. The Labute approximate surface area is 188 Å². The van der Waals surface area contributed by atoms with Crippen LogP contribution < -0.4 is 11.1 Å². The minimum absolute atomic E-state index is 0.0633. The largest absolute Gasteiger partial charge is 0.462 e. The van der Waals surface area contributed by atoms with E-state index in [2.05, 4.69) is 5.32 Å². The lowest BCUT2D eigenvalue weighted by molar-refractivity contribution is -0.140. The van der Waals surface area contributed by atoms with Crippen LogP contribution in [0.2, 0.25) is 0 Å². The zero-order chi connectivity index (χ0) is 22.9. The van der Waals surface area contributed by atoms with Gasteiger partial charge in [-0.3, -0.25) is 9.59 Å². The van der Waals surface area contributed by atoms with Crippen molar-refractivity contribution in [3.63, 3.8) is 0 Å². The number of carbonyl (C=O) groups is 3. The smallest absolute Gasteiger partial charge is 0.341 e. The van der Waals surface area contributed by atoms with Crippen LogP contribution in [0.1, 0.15) is 28.4 Å².